The van der Waals surface area contributed by atoms with E-state index < -0.39 is 0 Å². The summed E-state index contributed by atoms with van der Waals surface area (Å²) in [6.07, 6.45) is 1.18. The molecule has 0 radical (unpaired) electrons. The lowest BCUT2D eigenvalue weighted by Crippen LogP contribution is -2.49. The molecule has 1 saturated heterocycles. The first kappa shape index (κ1) is 27.3. The van der Waals surface area contributed by atoms with E-state index >= 15 is 0 Å². The summed E-state index contributed by atoms with van der Waals surface area (Å²) in [5.74, 6) is 1.26. The van der Waals surface area contributed by atoms with Crippen molar-refractivity contribution in [2.24, 2.45) is 5.92 Å². The number of carbonyl (C=O) groups is 1. The third kappa shape index (κ3) is 6.60. The van der Waals surface area contributed by atoms with Crippen molar-refractivity contribution in [1.29, 1.82) is 0 Å². The number of anilines is 1. The molecular formula is C29H40FN5OS. The van der Waals surface area contributed by atoms with E-state index in [1.165, 1.54) is 12.1 Å². The van der Waals surface area contributed by atoms with Crippen LogP contribution in [0.3, 0.4) is 0 Å². The number of hydrogen-bond donors (Lipinski definition) is 0. The number of carbonyl (C=O) groups excluding carboxylic acids is 1. The monoisotopic (exact) mass is 525 g/mol. The van der Waals surface area contributed by atoms with Crippen molar-refractivity contribution in [2.45, 2.75) is 60.0 Å². The maximum absolute atomic E-state index is 13.8. The molecular weight excluding hydrogens is 485 g/mol. The second kappa shape index (κ2) is 12.2. The van der Waals surface area contributed by atoms with Gasteiger partial charge in [-0.05, 0) is 61.9 Å². The Bertz CT molecular complexity index is 1150. The molecule has 0 N–H and O–H groups in total. The number of amides is 1. The number of hydrogen-bond acceptors (Lipinski definition) is 5. The van der Waals surface area contributed by atoms with Gasteiger partial charge in [0.05, 0.1) is 24.3 Å². The van der Waals surface area contributed by atoms with E-state index in [4.69, 9.17) is 5.10 Å². The number of thiophene rings is 1. The summed E-state index contributed by atoms with van der Waals surface area (Å²) in [5.41, 5.74) is 2.93. The van der Waals surface area contributed by atoms with Crippen molar-refractivity contribution >= 4 is 23.1 Å². The highest BCUT2D eigenvalue weighted by atomic mass is 32.1. The molecule has 1 aliphatic rings. The van der Waals surface area contributed by atoms with E-state index in [1.807, 2.05) is 27.1 Å². The summed E-state index contributed by atoms with van der Waals surface area (Å²) in [5, 5.41) is 7.05. The fourth-order valence-corrected chi connectivity index (χ4v) is 5.72. The Labute approximate surface area is 224 Å². The van der Waals surface area contributed by atoms with Gasteiger partial charge in [-0.3, -0.25) is 9.69 Å². The van der Waals surface area contributed by atoms with Crippen molar-refractivity contribution in [3.8, 4) is 5.69 Å². The minimum Gasteiger partial charge on any atom is -0.354 e. The topological polar surface area (TPSA) is 44.6 Å². The van der Waals surface area contributed by atoms with Crippen LogP contribution in [-0.4, -0.2) is 64.3 Å². The molecule has 3 heterocycles. The van der Waals surface area contributed by atoms with Gasteiger partial charge in [0.1, 0.15) is 11.6 Å². The maximum Gasteiger partial charge on any atom is 0.228 e. The Morgan fingerprint density at radius 1 is 1.08 bits per heavy atom. The minimum absolute atomic E-state index is 0.142. The molecule has 6 nitrogen and oxygen atoms in total. The van der Waals surface area contributed by atoms with Gasteiger partial charge in [0.15, 0.2) is 0 Å². The Balaban J connectivity index is 1.73. The standard InChI is InChI=1S/C29H40FN5OS/c1-6-27-26(20-34(19-21(2)3)28(36)18-25-8-7-17-37-25)29(33-15-13-32(14-16-33)22(4)5)35(31-27)24-11-9-23(30)10-12-24/h7-12,17,21-22H,6,13-16,18-20H2,1-5H3. The van der Waals surface area contributed by atoms with Gasteiger partial charge < -0.3 is 9.80 Å². The molecule has 1 fully saturated rings. The lowest BCUT2D eigenvalue weighted by atomic mass is 10.1. The molecule has 37 heavy (non-hydrogen) atoms. The van der Waals surface area contributed by atoms with Crippen LogP contribution in [0.1, 0.15) is 50.8 Å². The van der Waals surface area contributed by atoms with Gasteiger partial charge in [0.25, 0.3) is 0 Å². The molecule has 0 unspecified atom stereocenters. The highest BCUT2D eigenvalue weighted by Crippen LogP contribution is 2.31. The molecule has 8 heteroatoms. The number of aromatic nitrogens is 2. The highest BCUT2D eigenvalue weighted by molar-refractivity contribution is 7.10. The molecule has 0 bridgehead atoms. The summed E-state index contributed by atoms with van der Waals surface area (Å²) >= 11 is 1.62. The average molecular weight is 526 g/mol. The third-order valence-electron chi connectivity index (χ3n) is 6.98. The van der Waals surface area contributed by atoms with E-state index in [2.05, 4.69) is 44.4 Å². The SMILES string of the molecule is CCc1nn(-c2ccc(F)cc2)c(N2CCN(C(C)C)CC2)c1CN(CC(C)C)C(=O)Cc1cccs1. The Morgan fingerprint density at radius 2 is 1.78 bits per heavy atom. The van der Waals surface area contributed by atoms with Crippen LogP contribution in [0.5, 0.6) is 0 Å². The number of piperazine rings is 1. The number of aryl methyl sites for hydroxylation is 1. The van der Waals surface area contributed by atoms with Gasteiger partial charge in [0.2, 0.25) is 5.91 Å². The van der Waals surface area contributed by atoms with Crippen LogP contribution in [0.15, 0.2) is 41.8 Å². The molecule has 0 spiro atoms. The second-order valence-corrected chi connectivity index (χ2v) is 11.6. The molecule has 2 aromatic heterocycles. The molecule has 0 saturated carbocycles. The lowest BCUT2D eigenvalue weighted by Gasteiger charge is -2.38. The molecule has 0 aliphatic carbocycles. The molecule has 200 valence electrons. The minimum atomic E-state index is -0.263. The van der Waals surface area contributed by atoms with E-state index in [1.54, 1.807) is 23.5 Å². The van der Waals surface area contributed by atoms with Crippen LogP contribution >= 0.6 is 11.3 Å². The maximum atomic E-state index is 13.8. The molecule has 0 atom stereocenters. The van der Waals surface area contributed by atoms with E-state index in [-0.39, 0.29) is 11.7 Å². The van der Waals surface area contributed by atoms with Crippen LogP contribution < -0.4 is 4.90 Å². The van der Waals surface area contributed by atoms with Gasteiger partial charge in [-0.25, -0.2) is 9.07 Å². The zero-order chi connectivity index (χ0) is 26.5. The smallest absolute Gasteiger partial charge is 0.228 e. The largest absolute Gasteiger partial charge is 0.354 e. The molecule has 1 aliphatic heterocycles. The number of benzene rings is 1. The van der Waals surface area contributed by atoms with Gasteiger partial charge in [0, 0.05) is 49.2 Å². The van der Waals surface area contributed by atoms with Crippen molar-refractivity contribution in [3.05, 3.63) is 63.7 Å². The van der Waals surface area contributed by atoms with Crippen LogP contribution in [0.4, 0.5) is 10.2 Å². The zero-order valence-corrected chi connectivity index (χ0v) is 23.6. The Kier molecular flexibility index (Phi) is 9.03. The van der Waals surface area contributed by atoms with Crippen molar-refractivity contribution < 1.29 is 9.18 Å². The van der Waals surface area contributed by atoms with Crippen LogP contribution in [0.25, 0.3) is 5.69 Å². The normalized spacial score (nSPS) is 14.6. The molecule has 3 aromatic rings. The molecule has 1 aromatic carbocycles. The number of rotatable bonds is 10. The lowest BCUT2D eigenvalue weighted by molar-refractivity contribution is -0.131. The van der Waals surface area contributed by atoms with Crippen molar-refractivity contribution in [3.63, 3.8) is 0 Å². The first-order valence-electron chi connectivity index (χ1n) is 13.4. The predicted molar refractivity (Wildman–Crippen MR) is 150 cm³/mol. The van der Waals surface area contributed by atoms with Crippen LogP contribution in [0.2, 0.25) is 0 Å². The van der Waals surface area contributed by atoms with Crippen molar-refractivity contribution in [2.75, 3.05) is 37.6 Å². The first-order valence-corrected chi connectivity index (χ1v) is 14.3. The van der Waals surface area contributed by atoms with Gasteiger partial charge >= 0.3 is 0 Å². The van der Waals surface area contributed by atoms with Gasteiger partial charge in [-0.2, -0.15) is 5.10 Å². The summed E-state index contributed by atoms with van der Waals surface area (Å²) in [7, 11) is 0. The quantitative estimate of drug-likeness (QED) is 0.356. The fourth-order valence-electron chi connectivity index (χ4n) is 5.03. The van der Waals surface area contributed by atoms with Crippen LogP contribution in [0, 0.1) is 11.7 Å². The second-order valence-electron chi connectivity index (χ2n) is 10.5. The Hall–Kier alpha value is -2.71. The summed E-state index contributed by atoms with van der Waals surface area (Å²) in [6, 6.07) is 11.1. The highest BCUT2D eigenvalue weighted by Gasteiger charge is 2.29. The zero-order valence-electron chi connectivity index (χ0n) is 22.8. The summed E-state index contributed by atoms with van der Waals surface area (Å²) in [6.45, 7) is 15.8. The van der Waals surface area contributed by atoms with E-state index in [0.29, 0.717) is 31.5 Å². The first-order chi connectivity index (χ1) is 17.8. The summed E-state index contributed by atoms with van der Waals surface area (Å²) < 4.78 is 15.7. The molecule has 1 amide bonds. The van der Waals surface area contributed by atoms with Crippen LogP contribution in [-0.2, 0) is 24.2 Å². The number of halogens is 1. The van der Waals surface area contributed by atoms with Gasteiger partial charge in [-0.1, -0.05) is 26.8 Å². The molecule has 4 rings (SSSR count). The van der Waals surface area contributed by atoms with E-state index in [9.17, 15) is 9.18 Å². The predicted octanol–water partition coefficient (Wildman–Crippen LogP) is 5.39. The van der Waals surface area contributed by atoms with Crippen molar-refractivity contribution in [1.82, 2.24) is 19.6 Å². The third-order valence-corrected chi connectivity index (χ3v) is 7.86. The van der Waals surface area contributed by atoms with Gasteiger partial charge in [-0.15, -0.1) is 11.3 Å². The van der Waals surface area contributed by atoms with E-state index in [0.717, 1.165) is 60.2 Å². The Morgan fingerprint density at radius 3 is 2.35 bits per heavy atom. The average Bonchev–Trinajstić information content (AvgIpc) is 3.51. The summed E-state index contributed by atoms with van der Waals surface area (Å²) in [4.78, 5) is 21.5. The number of nitrogens with zero attached hydrogens (tertiary/aromatic N) is 5. The fraction of sp³-hybridized carbons (Fsp3) is 0.517.